The van der Waals surface area contributed by atoms with Gasteiger partial charge in [0.2, 0.25) is 0 Å². The van der Waals surface area contributed by atoms with Crippen LogP contribution in [0.3, 0.4) is 0 Å². The van der Waals surface area contributed by atoms with E-state index in [1.54, 1.807) is 0 Å². The van der Waals surface area contributed by atoms with Crippen molar-refractivity contribution in [3.05, 3.63) is 33.9 Å². The molecule has 162 valence electrons. The van der Waals surface area contributed by atoms with Crippen molar-refractivity contribution in [3.8, 4) is 0 Å². The zero-order chi connectivity index (χ0) is 21.7. The van der Waals surface area contributed by atoms with Gasteiger partial charge in [-0.25, -0.2) is 9.59 Å². The van der Waals surface area contributed by atoms with Gasteiger partial charge in [-0.05, 0) is 43.7 Å². The van der Waals surface area contributed by atoms with Crippen molar-refractivity contribution < 1.29 is 24.0 Å². The fourth-order valence-electron chi connectivity index (χ4n) is 3.49. The first-order valence-corrected chi connectivity index (χ1v) is 10.2. The van der Waals surface area contributed by atoms with E-state index in [-0.39, 0.29) is 23.3 Å². The van der Waals surface area contributed by atoms with Crippen LogP contribution in [-0.4, -0.2) is 41.5 Å². The van der Waals surface area contributed by atoms with Gasteiger partial charge in [-0.1, -0.05) is 19.8 Å². The van der Waals surface area contributed by atoms with Crippen LogP contribution in [0.5, 0.6) is 0 Å². The lowest BCUT2D eigenvalue weighted by atomic mass is 9.86. The Bertz CT molecular complexity index is 839. The molecule has 2 fully saturated rings. The summed E-state index contributed by atoms with van der Waals surface area (Å²) in [5, 5.41) is 19.2. The van der Waals surface area contributed by atoms with E-state index in [1.807, 2.05) is 0 Å². The highest BCUT2D eigenvalue weighted by Crippen LogP contribution is 2.31. The van der Waals surface area contributed by atoms with Crippen LogP contribution in [0.25, 0.3) is 0 Å². The van der Waals surface area contributed by atoms with Crippen LogP contribution in [0.1, 0.15) is 55.8 Å². The number of nitro benzene ring substituents is 1. The third-order valence-electron chi connectivity index (χ3n) is 5.38. The molecule has 0 radical (unpaired) electrons. The molecule has 1 aromatic carbocycles. The number of esters is 1. The Morgan fingerprint density at radius 1 is 1.17 bits per heavy atom. The summed E-state index contributed by atoms with van der Waals surface area (Å²) in [5.74, 6) is -1.32. The smallest absolute Gasteiger partial charge is 0.338 e. The molecule has 3 rings (SSSR count). The molecule has 30 heavy (non-hydrogen) atoms. The van der Waals surface area contributed by atoms with Gasteiger partial charge in [-0.15, -0.1) is 0 Å². The number of anilines is 1. The summed E-state index contributed by atoms with van der Waals surface area (Å²) in [7, 11) is 0. The SMILES string of the molecule is C[C@@H]1CCCC[C@@H]1NC(=O)NC(=O)COC(=O)c1ccc(NC2CC2)c([N+](=O)[O-])c1. The highest BCUT2D eigenvalue weighted by Gasteiger charge is 2.26. The number of nitro groups is 1. The quantitative estimate of drug-likeness (QED) is 0.351. The lowest BCUT2D eigenvalue weighted by Gasteiger charge is -2.29. The molecule has 10 nitrogen and oxygen atoms in total. The Labute approximate surface area is 173 Å². The number of ether oxygens (including phenoxy) is 1. The van der Waals surface area contributed by atoms with Gasteiger partial charge in [0.15, 0.2) is 6.61 Å². The lowest BCUT2D eigenvalue weighted by Crippen LogP contribution is -2.48. The van der Waals surface area contributed by atoms with E-state index in [1.165, 1.54) is 12.1 Å². The minimum atomic E-state index is -0.882. The van der Waals surface area contributed by atoms with Crippen LogP contribution in [0, 0.1) is 16.0 Å². The van der Waals surface area contributed by atoms with Crippen molar-refractivity contribution in [2.24, 2.45) is 5.92 Å². The van der Waals surface area contributed by atoms with Gasteiger partial charge in [0, 0.05) is 18.2 Å². The number of carbonyl (C=O) groups is 3. The van der Waals surface area contributed by atoms with Gasteiger partial charge in [0.25, 0.3) is 11.6 Å². The molecule has 1 aromatic rings. The number of urea groups is 1. The molecule has 0 bridgehead atoms. The van der Waals surface area contributed by atoms with Gasteiger partial charge in [-0.3, -0.25) is 20.2 Å². The summed E-state index contributed by atoms with van der Waals surface area (Å²) in [4.78, 5) is 46.7. The van der Waals surface area contributed by atoms with Gasteiger partial charge in [0.05, 0.1) is 10.5 Å². The highest BCUT2D eigenvalue weighted by atomic mass is 16.6. The topological polar surface area (TPSA) is 140 Å². The fourth-order valence-corrected chi connectivity index (χ4v) is 3.49. The number of benzene rings is 1. The normalized spacial score (nSPS) is 20.7. The number of hydrogen-bond acceptors (Lipinski definition) is 7. The summed E-state index contributed by atoms with van der Waals surface area (Å²) < 4.78 is 4.90. The number of amides is 3. The minimum absolute atomic E-state index is 0.0115. The molecule has 3 N–H and O–H groups in total. The first-order chi connectivity index (χ1) is 14.3. The second kappa shape index (κ2) is 9.55. The first kappa shape index (κ1) is 21.5. The zero-order valence-corrected chi connectivity index (χ0v) is 16.8. The summed E-state index contributed by atoms with van der Waals surface area (Å²) in [6.45, 7) is 1.39. The molecule has 2 aliphatic carbocycles. The van der Waals surface area contributed by atoms with Crippen LogP contribution >= 0.6 is 0 Å². The molecule has 2 aliphatic rings. The largest absolute Gasteiger partial charge is 0.452 e. The molecule has 10 heteroatoms. The third-order valence-corrected chi connectivity index (χ3v) is 5.38. The third kappa shape index (κ3) is 5.91. The second-order valence-corrected chi connectivity index (χ2v) is 7.87. The minimum Gasteiger partial charge on any atom is -0.452 e. The number of nitrogens with zero attached hydrogens (tertiary/aromatic N) is 1. The summed E-state index contributed by atoms with van der Waals surface area (Å²) >= 11 is 0. The van der Waals surface area contributed by atoms with Crippen LogP contribution in [-0.2, 0) is 9.53 Å². The number of rotatable bonds is 7. The summed E-state index contributed by atoms with van der Waals surface area (Å²) in [6.07, 6.45) is 5.94. The summed E-state index contributed by atoms with van der Waals surface area (Å²) in [6, 6.07) is 3.56. The Balaban J connectivity index is 1.49. The average molecular weight is 418 g/mol. The van der Waals surface area contributed by atoms with Crippen LogP contribution in [0.4, 0.5) is 16.2 Å². The monoisotopic (exact) mass is 418 g/mol. The molecular formula is C20H26N4O6. The van der Waals surface area contributed by atoms with E-state index >= 15 is 0 Å². The van der Waals surface area contributed by atoms with Crippen LogP contribution in [0.2, 0.25) is 0 Å². The Kier molecular flexibility index (Phi) is 6.86. The maximum atomic E-state index is 12.2. The van der Waals surface area contributed by atoms with E-state index in [2.05, 4.69) is 22.9 Å². The van der Waals surface area contributed by atoms with Crippen molar-refractivity contribution in [1.82, 2.24) is 10.6 Å². The number of imide groups is 1. The van der Waals surface area contributed by atoms with Crippen molar-refractivity contribution in [3.63, 3.8) is 0 Å². The molecule has 0 heterocycles. The van der Waals surface area contributed by atoms with E-state index in [0.29, 0.717) is 11.6 Å². The van der Waals surface area contributed by atoms with Gasteiger partial charge in [-0.2, -0.15) is 0 Å². The van der Waals surface area contributed by atoms with Crippen molar-refractivity contribution >= 4 is 29.3 Å². The van der Waals surface area contributed by atoms with Gasteiger partial charge < -0.3 is 15.4 Å². The molecule has 2 saturated carbocycles. The average Bonchev–Trinajstić information content (AvgIpc) is 3.52. The molecule has 0 spiro atoms. The molecule has 0 saturated heterocycles. The maximum absolute atomic E-state index is 12.2. The van der Waals surface area contributed by atoms with Crippen molar-refractivity contribution in [2.75, 3.05) is 11.9 Å². The molecular weight excluding hydrogens is 392 g/mol. The predicted octanol–water partition coefficient (Wildman–Crippen LogP) is 2.73. The number of carbonyl (C=O) groups excluding carboxylic acids is 3. The van der Waals surface area contributed by atoms with Crippen LogP contribution < -0.4 is 16.0 Å². The summed E-state index contributed by atoms with van der Waals surface area (Å²) in [5.41, 5.74) is 0.0588. The Morgan fingerprint density at radius 2 is 1.90 bits per heavy atom. The zero-order valence-electron chi connectivity index (χ0n) is 16.8. The molecule has 0 unspecified atom stereocenters. The first-order valence-electron chi connectivity index (χ1n) is 10.2. The molecule has 2 atom stereocenters. The van der Waals surface area contributed by atoms with Gasteiger partial charge >= 0.3 is 12.0 Å². The van der Waals surface area contributed by atoms with Crippen molar-refractivity contribution in [1.29, 1.82) is 0 Å². The number of nitrogens with one attached hydrogen (secondary N) is 3. The Hall–Kier alpha value is -3.17. The standard InChI is InChI=1S/C20H26N4O6/c1-12-4-2-3-5-15(12)22-20(27)23-18(25)11-30-19(26)13-6-9-16(21-14-7-8-14)17(10-13)24(28)29/h6,9-10,12,14-15,21H,2-5,7-8,11H2,1H3,(H2,22,23,25,27)/t12-,15+/m1/s1. The van der Waals surface area contributed by atoms with E-state index in [4.69, 9.17) is 4.74 Å². The van der Waals surface area contributed by atoms with E-state index in [9.17, 15) is 24.5 Å². The highest BCUT2D eigenvalue weighted by molar-refractivity contribution is 5.97. The molecule has 0 aromatic heterocycles. The fraction of sp³-hybridized carbons (Fsp3) is 0.550. The molecule has 0 aliphatic heterocycles. The molecule has 3 amide bonds. The van der Waals surface area contributed by atoms with Crippen molar-refractivity contribution in [2.45, 2.75) is 57.5 Å². The van der Waals surface area contributed by atoms with Gasteiger partial charge in [0.1, 0.15) is 5.69 Å². The number of hydrogen-bond donors (Lipinski definition) is 3. The maximum Gasteiger partial charge on any atom is 0.338 e. The van der Waals surface area contributed by atoms with E-state index in [0.717, 1.165) is 44.6 Å². The second-order valence-electron chi connectivity index (χ2n) is 7.87. The van der Waals surface area contributed by atoms with Crippen LogP contribution in [0.15, 0.2) is 18.2 Å². The predicted molar refractivity (Wildman–Crippen MR) is 108 cm³/mol. The Morgan fingerprint density at radius 3 is 2.57 bits per heavy atom. The lowest BCUT2D eigenvalue weighted by molar-refractivity contribution is -0.384. The van der Waals surface area contributed by atoms with E-state index < -0.39 is 29.4 Å².